The fourth-order valence-electron chi connectivity index (χ4n) is 5.08. The second kappa shape index (κ2) is 38.7. The maximum Gasteiger partial charge on any atom is 0.472 e. The SMILES string of the molecule is CC/C=C\C/C=C\C/C=C\C/C=C\C/C=C\CC(=O)OC(COCCCCCCCC/C=C\CCCCCCCCC)COP(=O)(O)OCC(N)C(=O)O. The molecule has 3 atom stereocenters. The van der Waals surface area contributed by atoms with E-state index in [-0.39, 0.29) is 13.0 Å². The van der Waals surface area contributed by atoms with Gasteiger partial charge in [-0.05, 0) is 64.2 Å². The fraction of sp³-hybridized carbons (Fsp3) is 0.674. The van der Waals surface area contributed by atoms with Crippen molar-refractivity contribution in [3.8, 4) is 0 Å². The number of unbranched alkanes of at least 4 members (excludes halogenated alkanes) is 13. The van der Waals surface area contributed by atoms with Crippen molar-refractivity contribution in [3.63, 3.8) is 0 Å². The number of carbonyl (C=O) groups excluding carboxylic acids is 1. The lowest BCUT2D eigenvalue weighted by Crippen LogP contribution is -2.34. The van der Waals surface area contributed by atoms with Crippen LogP contribution in [0.25, 0.3) is 0 Å². The molecular formula is C43H74NO9P. The minimum Gasteiger partial charge on any atom is -0.480 e. The van der Waals surface area contributed by atoms with Gasteiger partial charge in [-0.25, -0.2) is 4.57 Å². The third-order valence-electron chi connectivity index (χ3n) is 8.25. The molecule has 0 aliphatic carbocycles. The maximum absolute atomic E-state index is 12.5. The van der Waals surface area contributed by atoms with Crippen molar-refractivity contribution in [2.24, 2.45) is 5.73 Å². The normalized spacial score (nSPS) is 14.7. The van der Waals surface area contributed by atoms with Crippen LogP contribution in [0.4, 0.5) is 0 Å². The number of aliphatic carboxylic acids is 1. The summed E-state index contributed by atoms with van der Waals surface area (Å²) in [6.07, 6.45) is 47.0. The van der Waals surface area contributed by atoms with Gasteiger partial charge in [-0.2, -0.15) is 0 Å². The van der Waals surface area contributed by atoms with E-state index in [1.807, 2.05) is 12.2 Å². The average molecular weight is 780 g/mol. The molecule has 0 saturated carbocycles. The van der Waals surface area contributed by atoms with Gasteiger partial charge < -0.3 is 25.2 Å². The number of esters is 1. The highest BCUT2D eigenvalue weighted by Crippen LogP contribution is 2.43. The van der Waals surface area contributed by atoms with Crippen LogP contribution in [0.2, 0.25) is 0 Å². The molecule has 0 heterocycles. The minimum absolute atomic E-state index is 0.0136. The molecule has 3 unspecified atom stereocenters. The van der Waals surface area contributed by atoms with Gasteiger partial charge in [0.2, 0.25) is 0 Å². The third kappa shape index (κ3) is 37.7. The van der Waals surface area contributed by atoms with Gasteiger partial charge in [-0.1, -0.05) is 151 Å². The Labute approximate surface area is 327 Å². The van der Waals surface area contributed by atoms with Crippen LogP contribution in [-0.4, -0.2) is 60.5 Å². The summed E-state index contributed by atoms with van der Waals surface area (Å²) in [5, 5.41) is 8.88. The molecule has 0 rings (SSSR count). The van der Waals surface area contributed by atoms with E-state index in [9.17, 15) is 19.0 Å². The Morgan fingerprint density at radius 3 is 1.59 bits per heavy atom. The molecule has 0 aromatic rings. The summed E-state index contributed by atoms with van der Waals surface area (Å²) >= 11 is 0. The zero-order valence-corrected chi connectivity index (χ0v) is 34.4. The number of hydrogen-bond donors (Lipinski definition) is 3. The number of rotatable bonds is 38. The molecule has 0 radical (unpaired) electrons. The lowest BCUT2D eigenvalue weighted by atomic mass is 10.1. The largest absolute Gasteiger partial charge is 0.480 e. The molecule has 0 aliphatic heterocycles. The van der Waals surface area contributed by atoms with E-state index >= 15 is 0 Å². The van der Waals surface area contributed by atoms with Gasteiger partial charge in [0.25, 0.3) is 0 Å². The van der Waals surface area contributed by atoms with Crippen molar-refractivity contribution >= 4 is 19.8 Å². The van der Waals surface area contributed by atoms with Gasteiger partial charge in [0.1, 0.15) is 12.1 Å². The molecule has 54 heavy (non-hydrogen) atoms. The predicted molar refractivity (Wildman–Crippen MR) is 221 cm³/mol. The first-order valence-corrected chi connectivity index (χ1v) is 22.0. The number of phosphoric ester groups is 1. The van der Waals surface area contributed by atoms with Crippen LogP contribution in [0.1, 0.15) is 149 Å². The topological polar surface area (TPSA) is 155 Å². The van der Waals surface area contributed by atoms with E-state index in [2.05, 4.69) is 73.1 Å². The molecule has 4 N–H and O–H groups in total. The Kier molecular flexibility index (Phi) is 36.8. The number of allylic oxidation sites excluding steroid dienone is 11. The number of nitrogens with two attached hydrogens (primary N) is 1. The summed E-state index contributed by atoms with van der Waals surface area (Å²) in [6, 6.07) is -1.49. The second-order valence-corrected chi connectivity index (χ2v) is 14.8. The van der Waals surface area contributed by atoms with Crippen LogP contribution in [0.15, 0.2) is 72.9 Å². The van der Waals surface area contributed by atoms with Gasteiger partial charge in [0, 0.05) is 6.61 Å². The van der Waals surface area contributed by atoms with Gasteiger partial charge in [0.15, 0.2) is 0 Å². The molecule has 0 aromatic heterocycles. The standard InChI is InChI=1S/C43H74NO9P/c1-3-5-7-9-11-13-15-17-19-20-22-24-26-28-30-32-34-36-50-37-40(38-51-54(48,49)52-39-41(44)43(46)47)53-42(45)35-33-31-29-27-25-23-21-18-16-14-12-10-8-6-4-2/h6,8,12,14,18-21,25,27,31,33,40-41H,3-5,7,9-11,13,15-17,22-24,26,28-30,32,34-39,44H2,1-2H3,(H,46,47)(H,48,49)/b8-6-,14-12-,20-19-,21-18-,27-25-,33-31-. The summed E-state index contributed by atoms with van der Waals surface area (Å²) in [5.74, 6) is -1.92. The van der Waals surface area contributed by atoms with Crippen LogP contribution >= 0.6 is 7.82 Å². The van der Waals surface area contributed by atoms with Gasteiger partial charge in [-0.15, -0.1) is 0 Å². The van der Waals surface area contributed by atoms with E-state index in [1.165, 1.54) is 70.6 Å². The van der Waals surface area contributed by atoms with Gasteiger partial charge >= 0.3 is 19.8 Å². The van der Waals surface area contributed by atoms with Crippen LogP contribution in [-0.2, 0) is 32.7 Å². The first-order valence-electron chi connectivity index (χ1n) is 20.5. The number of hydrogen-bond acceptors (Lipinski definition) is 8. The molecule has 0 amide bonds. The molecule has 0 fully saturated rings. The smallest absolute Gasteiger partial charge is 0.472 e. The molecule has 10 nitrogen and oxygen atoms in total. The number of carboxylic acid groups (broad SMARTS) is 1. The predicted octanol–water partition coefficient (Wildman–Crippen LogP) is 11.0. The summed E-state index contributed by atoms with van der Waals surface area (Å²) in [6.45, 7) is 3.61. The quantitative estimate of drug-likeness (QED) is 0.0239. The summed E-state index contributed by atoms with van der Waals surface area (Å²) in [5.41, 5.74) is 5.34. The molecule has 0 spiro atoms. The molecule has 11 heteroatoms. The van der Waals surface area contributed by atoms with E-state index < -0.39 is 45.1 Å². The molecule has 0 bridgehead atoms. The highest BCUT2D eigenvalue weighted by Gasteiger charge is 2.27. The first kappa shape index (κ1) is 51.4. The van der Waals surface area contributed by atoms with Gasteiger partial charge in [0.05, 0.1) is 26.2 Å². The fourth-order valence-corrected chi connectivity index (χ4v) is 5.86. The van der Waals surface area contributed by atoms with Crippen LogP contribution < -0.4 is 5.73 Å². The summed E-state index contributed by atoms with van der Waals surface area (Å²) < 4.78 is 33.1. The molecular weight excluding hydrogens is 705 g/mol. The lowest BCUT2D eigenvalue weighted by molar-refractivity contribution is -0.153. The number of carboxylic acids is 1. The Bertz CT molecular complexity index is 1130. The Morgan fingerprint density at radius 2 is 1.07 bits per heavy atom. The van der Waals surface area contributed by atoms with Crippen molar-refractivity contribution in [2.45, 2.75) is 161 Å². The van der Waals surface area contributed by atoms with Gasteiger partial charge in [-0.3, -0.25) is 18.6 Å². The number of ether oxygens (including phenoxy) is 2. The monoisotopic (exact) mass is 780 g/mol. The number of phosphoric acid groups is 1. The molecule has 310 valence electrons. The Morgan fingerprint density at radius 1 is 0.611 bits per heavy atom. The second-order valence-electron chi connectivity index (χ2n) is 13.4. The van der Waals surface area contributed by atoms with Crippen molar-refractivity contribution in [1.82, 2.24) is 0 Å². The van der Waals surface area contributed by atoms with Crippen molar-refractivity contribution in [2.75, 3.05) is 26.4 Å². The van der Waals surface area contributed by atoms with E-state index in [1.54, 1.807) is 6.08 Å². The van der Waals surface area contributed by atoms with E-state index in [0.29, 0.717) is 13.0 Å². The summed E-state index contributed by atoms with van der Waals surface area (Å²) in [7, 11) is -4.64. The van der Waals surface area contributed by atoms with E-state index in [0.717, 1.165) is 51.4 Å². The van der Waals surface area contributed by atoms with E-state index in [4.69, 9.17) is 24.8 Å². The zero-order chi connectivity index (χ0) is 39.8. The zero-order valence-electron chi connectivity index (χ0n) is 33.5. The van der Waals surface area contributed by atoms with Crippen LogP contribution in [0.5, 0.6) is 0 Å². The molecule has 0 aliphatic rings. The number of carbonyl (C=O) groups is 2. The van der Waals surface area contributed by atoms with Crippen LogP contribution in [0, 0.1) is 0 Å². The molecule has 0 saturated heterocycles. The first-order chi connectivity index (χ1) is 26.2. The van der Waals surface area contributed by atoms with Crippen molar-refractivity contribution < 1.29 is 42.7 Å². The summed E-state index contributed by atoms with van der Waals surface area (Å²) in [4.78, 5) is 33.4. The Hall–Kier alpha value is -2.59. The molecule has 0 aromatic carbocycles. The Balaban J connectivity index is 4.42. The highest BCUT2D eigenvalue weighted by molar-refractivity contribution is 7.47. The maximum atomic E-state index is 12.5. The highest BCUT2D eigenvalue weighted by atomic mass is 31.2. The minimum atomic E-state index is -4.64. The van der Waals surface area contributed by atoms with Crippen LogP contribution in [0.3, 0.4) is 0 Å². The van der Waals surface area contributed by atoms with Crippen molar-refractivity contribution in [3.05, 3.63) is 72.9 Å². The average Bonchev–Trinajstić information content (AvgIpc) is 3.15. The lowest BCUT2D eigenvalue weighted by Gasteiger charge is -2.20. The third-order valence-corrected chi connectivity index (χ3v) is 9.20. The van der Waals surface area contributed by atoms with Crippen molar-refractivity contribution in [1.29, 1.82) is 0 Å².